The van der Waals surface area contributed by atoms with Crippen molar-refractivity contribution >= 4 is 17.6 Å². The van der Waals surface area contributed by atoms with E-state index in [4.69, 9.17) is 5.73 Å². The molecule has 3 aromatic carbocycles. The Kier molecular flexibility index (Phi) is 5.84. The second-order valence-corrected chi connectivity index (χ2v) is 6.20. The molecule has 5 nitrogen and oxygen atoms in total. The third-order valence-electron chi connectivity index (χ3n) is 4.10. The largest absolute Gasteiger partial charge is 0.351 e. The van der Waals surface area contributed by atoms with Gasteiger partial charge in [0.2, 0.25) is 0 Å². The zero-order valence-corrected chi connectivity index (χ0v) is 14.8. The maximum absolute atomic E-state index is 13.2. The molecule has 0 aromatic heterocycles. The lowest BCUT2D eigenvalue weighted by atomic mass is 10.1. The molecular weight excluding hydrogens is 338 g/mol. The molecule has 0 saturated heterocycles. The summed E-state index contributed by atoms with van der Waals surface area (Å²) in [6, 6.07) is 25.8. The maximum atomic E-state index is 13.2. The van der Waals surface area contributed by atoms with Crippen molar-refractivity contribution in [3.63, 3.8) is 0 Å². The molecule has 0 saturated carbocycles. The molecule has 0 atom stereocenters. The normalized spacial score (nSPS) is 10.2. The summed E-state index contributed by atoms with van der Waals surface area (Å²) in [5, 5.41) is 2.51. The number of carbonyl (C=O) groups excluding carboxylic acids is 2. The SMILES string of the molecule is NC(=O)Nc1cccc(C(=O)N(Cc2ccccc2)Cc2ccccc2)c1. The summed E-state index contributed by atoms with van der Waals surface area (Å²) in [5.41, 5.74) is 8.25. The summed E-state index contributed by atoms with van der Waals surface area (Å²) in [4.78, 5) is 26.0. The number of nitrogens with one attached hydrogen (secondary N) is 1. The average molecular weight is 359 g/mol. The van der Waals surface area contributed by atoms with Crippen LogP contribution < -0.4 is 11.1 Å². The monoisotopic (exact) mass is 359 g/mol. The Hall–Kier alpha value is -3.60. The Morgan fingerprint density at radius 2 is 1.33 bits per heavy atom. The summed E-state index contributed by atoms with van der Waals surface area (Å²) >= 11 is 0. The molecule has 0 heterocycles. The number of primary amides is 1. The Morgan fingerprint density at radius 1 is 0.778 bits per heavy atom. The lowest BCUT2D eigenvalue weighted by molar-refractivity contribution is 0.0730. The minimum absolute atomic E-state index is 0.115. The summed E-state index contributed by atoms with van der Waals surface area (Å²) in [6.45, 7) is 0.976. The second kappa shape index (κ2) is 8.67. The number of hydrogen-bond acceptors (Lipinski definition) is 2. The molecule has 0 radical (unpaired) electrons. The van der Waals surface area contributed by atoms with Crippen LogP contribution in [0.25, 0.3) is 0 Å². The molecule has 3 aromatic rings. The third-order valence-corrected chi connectivity index (χ3v) is 4.10. The molecule has 0 spiro atoms. The first-order chi connectivity index (χ1) is 13.1. The summed E-state index contributed by atoms with van der Waals surface area (Å²) in [6.07, 6.45) is 0. The first kappa shape index (κ1) is 18.2. The number of urea groups is 1. The summed E-state index contributed by atoms with van der Waals surface area (Å²) in [7, 11) is 0. The lowest BCUT2D eigenvalue weighted by Crippen LogP contribution is -2.30. The van der Waals surface area contributed by atoms with Crippen LogP contribution in [0.5, 0.6) is 0 Å². The zero-order valence-electron chi connectivity index (χ0n) is 14.8. The van der Waals surface area contributed by atoms with Gasteiger partial charge in [0.15, 0.2) is 0 Å². The molecule has 5 heteroatoms. The highest BCUT2D eigenvalue weighted by Gasteiger charge is 2.17. The van der Waals surface area contributed by atoms with Gasteiger partial charge in [0.1, 0.15) is 0 Å². The van der Waals surface area contributed by atoms with Crippen LogP contribution in [0, 0.1) is 0 Å². The van der Waals surface area contributed by atoms with Gasteiger partial charge in [-0.15, -0.1) is 0 Å². The van der Waals surface area contributed by atoms with Gasteiger partial charge in [-0.3, -0.25) is 4.79 Å². The second-order valence-electron chi connectivity index (χ2n) is 6.20. The Morgan fingerprint density at radius 3 is 1.85 bits per heavy atom. The van der Waals surface area contributed by atoms with Crippen LogP contribution in [-0.4, -0.2) is 16.8 Å². The van der Waals surface area contributed by atoms with Gasteiger partial charge < -0.3 is 16.0 Å². The van der Waals surface area contributed by atoms with E-state index in [1.54, 1.807) is 29.2 Å². The molecule has 0 fully saturated rings. The number of carbonyl (C=O) groups is 2. The average Bonchev–Trinajstić information content (AvgIpc) is 2.68. The minimum atomic E-state index is -0.662. The minimum Gasteiger partial charge on any atom is -0.351 e. The van der Waals surface area contributed by atoms with E-state index in [1.165, 1.54) is 0 Å². The van der Waals surface area contributed by atoms with Gasteiger partial charge in [-0.25, -0.2) is 4.79 Å². The quantitative estimate of drug-likeness (QED) is 0.697. The number of rotatable bonds is 6. The summed E-state index contributed by atoms with van der Waals surface area (Å²) in [5.74, 6) is -0.115. The number of nitrogens with zero attached hydrogens (tertiary/aromatic N) is 1. The van der Waals surface area contributed by atoms with E-state index in [-0.39, 0.29) is 5.91 Å². The van der Waals surface area contributed by atoms with Gasteiger partial charge >= 0.3 is 6.03 Å². The predicted molar refractivity (Wildman–Crippen MR) is 106 cm³/mol. The molecular formula is C22H21N3O2. The highest BCUT2D eigenvalue weighted by Crippen LogP contribution is 2.17. The lowest BCUT2D eigenvalue weighted by Gasteiger charge is -2.23. The molecule has 0 aliphatic heterocycles. The van der Waals surface area contributed by atoms with Crippen molar-refractivity contribution in [1.29, 1.82) is 0 Å². The van der Waals surface area contributed by atoms with Crippen molar-refractivity contribution in [1.82, 2.24) is 4.90 Å². The summed E-state index contributed by atoms with van der Waals surface area (Å²) < 4.78 is 0. The van der Waals surface area contributed by atoms with Crippen LogP contribution in [0.3, 0.4) is 0 Å². The molecule has 0 unspecified atom stereocenters. The van der Waals surface area contributed by atoms with Gasteiger partial charge in [-0.2, -0.15) is 0 Å². The van der Waals surface area contributed by atoms with E-state index >= 15 is 0 Å². The fourth-order valence-corrected chi connectivity index (χ4v) is 2.86. The van der Waals surface area contributed by atoms with Gasteiger partial charge in [0, 0.05) is 24.3 Å². The van der Waals surface area contributed by atoms with Crippen LogP contribution in [-0.2, 0) is 13.1 Å². The number of hydrogen-bond donors (Lipinski definition) is 2. The van der Waals surface area contributed by atoms with Crippen molar-refractivity contribution < 1.29 is 9.59 Å². The number of anilines is 1. The molecule has 27 heavy (non-hydrogen) atoms. The zero-order chi connectivity index (χ0) is 19.1. The van der Waals surface area contributed by atoms with Crippen molar-refractivity contribution in [2.75, 3.05) is 5.32 Å². The van der Waals surface area contributed by atoms with Crippen molar-refractivity contribution in [3.05, 3.63) is 102 Å². The molecule has 0 aliphatic rings. The number of benzene rings is 3. The third kappa shape index (κ3) is 5.19. The molecule has 0 aliphatic carbocycles. The number of nitrogens with two attached hydrogens (primary N) is 1. The molecule has 3 amide bonds. The van der Waals surface area contributed by atoms with Gasteiger partial charge in [0.25, 0.3) is 5.91 Å². The van der Waals surface area contributed by atoms with E-state index in [9.17, 15) is 9.59 Å². The fourth-order valence-electron chi connectivity index (χ4n) is 2.86. The van der Waals surface area contributed by atoms with Crippen molar-refractivity contribution in [2.24, 2.45) is 5.73 Å². The molecule has 3 N–H and O–H groups in total. The Balaban J connectivity index is 1.87. The van der Waals surface area contributed by atoms with Crippen molar-refractivity contribution in [2.45, 2.75) is 13.1 Å². The topological polar surface area (TPSA) is 75.4 Å². The number of amides is 3. The Labute approximate surface area is 158 Å². The predicted octanol–water partition coefficient (Wildman–Crippen LogP) is 4.02. The standard InChI is InChI=1S/C22H21N3O2/c23-22(27)24-20-13-7-12-19(14-20)21(26)25(15-17-8-3-1-4-9-17)16-18-10-5-2-6-11-18/h1-14H,15-16H2,(H3,23,24,27). The first-order valence-electron chi connectivity index (χ1n) is 8.65. The van der Waals surface area contributed by atoms with Crippen LogP contribution in [0.2, 0.25) is 0 Å². The Bertz CT molecular complexity index is 870. The van der Waals surface area contributed by atoms with Gasteiger partial charge in [-0.05, 0) is 29.3 Å². The van der Waals surface area contributed by atoms with Crippen LogP contribution in [0.15, 0.2) is 84.9 Å². The smallest absolute Gasteiger partial charge is 0.316 e. The van der Waals surface area contributed by atoms with Crippen molar-refractivity contribution in [3.8, 4) is 0 Å². The highest BCUT2D eigenvalue weighted by molar-refractivity contribution is 5.96. The maximum Gasteiger partial charge on any atom is 0.316 e. The van der Waals surface area contributed by atoms with E-state index in [1.807, 2.05) is 60.7 Å². The highest BCUT2D eigenvalue weighted by atomic mass is 16.2. The molecule has 0 bridgehead atoms. The first-order valence-corrected chi connectivity index (χ1v) is 8.65. The van der Waals surface area contributed by atoms with Gasteiger partial charge in [0.05, 0.1) is 0 Å². The fraction of sp³-hybridized carbons (Fsp3) is 0.0909. The van der Waals surface area contributed by atoms with Gasteiger partial charge in [-0.1, -0.05) is 66.7 Å². The van der Waals surface area contributed by atoms with E-state index < -0.39 is 6.03 Å². The van der Waals surface area contributed by atoms with E-state index in [0.717, 1.165) is 11.1 Å². The molecule has 3 rings (SSSR count). The van der Waals surface area contributed by atoms with Crippen LogP contribution in [0.4, 0.5) is 10.5 Å². The van der Waals surface area contributed by atoms with Crippen LogP contribution >= 0.6 is 0 Å². The van der Waals surface area contributed by atoms with E-state index in [2.05, 4.69) is 5.32 Å². The molecule has 136 valence electrons. The van der Waals surface area contributed by atoms with E-state index in [0.29, 0.717) is 24.3 Å². The van der Waals surface area contributed by atoms with Crippen LogP contribution in [0.1, 0.15) is 21.5 Å².